The largest absolute Gasteiger partial charge is 0.504 e. The summed E-state index contributed by atoms with van der Waals surface area (Å²) in [5.74, 6) is -4.24. The van der Waals surface area contributed by atoms with Crippen molar-refractivity contribution in [3.63, 3.8) is 0 Å². The van der Waals surface area contributed by atoms with Gasteiger partial charge in [0.15, 0.2) is 11.5 Å². The zero-order valence-electron chi connectivity index (χ0n) is 19.2. The number of ether oxygens (including phenoxy) is 3. The summed E-state index contributed by atoms with van der Waals surface area (Å²) in [5, 5.41) is 69.8. The van der Waals surface area contributed by atoms with Crippen LogP contribution >= 0.6 is 0 Å². The first-order valence-electron chi connectivity index (χ1n) is 11.0. The Kier molecular flexibility index (Phi) is 7.92. The van der Waals surface area contributed by atoms with Crippen molar-refractivity contribution in [1.82, 2.24) is 0 Å². The molecular weight excluding hydrogens is 468 g/mol. The molecule has 0 saturated carbocycles. The van der Waals surface area contributed by atoms with Gasteiger partial charge in [0.1, 0.15) is 31.0 Å². The van der Waals surface area contributed by atoms with E-state index in [0.29, 0.717) is 24.8 Å². The predicted molar refractivity (Wildman–Crippen MR) is 117 cm³/mol. The Morgan fingerprint density at radius 1 is 1.09 bits per heavy atom. The number of hydrogen-bond donors (Lipinski definition) is 7. The Hall–Kier alpha value is -2.90. The van der Waals surface area contributed by atoms with E-state index in [0.717, 1.165) is 12.1 Å². The van der Waals surface area contributed by atoms with E-state index in [1.165, 1.54) is 0 Å². The molecule has 194 valence electrons. The summed E-state index contributed by atoms with van der Waals surface area (Å²) in [7, 11) is 0. The number of carboxylic acid groups (broad SMARTS) is 1. The Bertz CT molecular complexity index is 958. The second-order valence-electron chi connectivity index (χ2n) is 9.23. The quantitative estimate of drug-likeness (QED) is 0.249. The molecule has 1 fully saturated rings. The maximum absolute atomic E-state index is 12.5. The summed E-state index contributed by atoms with van der Waals surface area (Å²) < 4.78 is 15.9. The van der Waals surface area contributed by atoms with Gasteiger partial charge in [-0.1, -0.05) is 6.08 Å². The molecule has 7 N–H and O–H groups in total. The van der Waals surface area contributed by atoms with E-state index in [4.69, 9.17) is 19.3 Å². The third-order valence-electron chi connectivity index (χ3n) is 6.25. The van der Waals surface area contributed by atoms with Crippen molar-refractivity contribution in [1.29, 1.82) is 0 Å². The van der Waals surface area contributed by atoms with E-state index in [-0.39, 0.29) is 5.92 Å². The van der Waals surface area contributed by atoms with Crippen LogP contribution in [-0.4, -0.2) is 90.6 Å². The molecule has 0 amide bonds. The van der Waals surface area contributed by atoms with Gasteiger partial charge in [-0.3, -0.25) is 0 Å². The molecule has 6 atom stereocenters. The van der Waals surface area contributed by atoms with Crippen molar-refractivity contribution < 1.29 is 59.5 Å². The molecule has 0 aromatic heterocycles. The van der Waals surface area contributed by atoms with Gasteiger partial charge in [0.25, 0.3) is 0 Å². The van der Waals surface area contributed by atoms with Gasteiger partial charge in [-0.25, -0.2) is 9.59 Å². The van der Waals surface area contributed by atoms with Crippen LogP contribution in [0.5, 0.6) is 17.2 Å². The Morgan fingerprint density at radius 3 is 2.23 bits per heavy atom. The molecule has 35 heavy (non-hydrogen) atoms. The Labute approximate surface area is 200 Å². The first-order valence-corrected chi connectivity index (χ1v) is 11.0. The molecular formula is C23H30O12. The number of phenolic OH excluding ortho intramolecular Hbond substituents is 2. The molecule has 0 unspecified atom stereocenters. The van der Waals surface area contributed by atoms with Crippen molar-refractivity contribution in [2.45, 2.75) is 69.4 Å². The predicted octanol–water partition coefficient (Wildman–Crippen LogP) is 0.0230. The van der Waals surface area contributed by atoms with Crippen LogP contribution in [-0.2, 0) is 14.3 Å². The lowest BCUT2D eigenvalue weighted by molar-refractivity contribution is -0.278. The van der Waals surface area contributed by atoms with Gasteiger partial charge >= 0.3 is 11.9 Å². The molecule has 1 aliphatic carbocycles. The van der Waals surface area contributed by atoms with Gasteiger partial charge in [0.2, 0.25) is 12.0 Å². The minimum atomic E-state index is -1.82. The molecule has 1 saturated heterocycles. The number of aliphatic hydroxyl groups excluding tert-OH is 3. The van der Waals surface area contributed by atoms with Crippen molar-refractivity contribution in [2.24, 2.45) is 5.92 Å². The van der Waals surface area contributed by atoms with Gasteiger partial charge in [0, 0.05) is 5.57 Å². The van der Waals surface area contributed by atoms with Crippen LogP contribution in [0.25, 0.3) is 0 Å². The lowest BCUT2D eigenvalue weighted by Gasteiger charge is -2.40. The second-order valence-corrected chi connectivity index (χ2v) is 9.23. The summed E-state index contributed by atoms with van der Waals surface area (Å²) in [5.41, 5.74) is -0.907. The van der Waals surface area contributed by atoms with Crippen LogP contribution in [0.3, 0.4) is 0 Å². The number of aliphatic hydroxyl groups is 4. The van der Waals surface area contributed by atoms with E-state index in [2.05, 4.69) is 0 Å². The molecule has 0 spiro atoms. The van der Waals surface area contributed by atoms with Crippen LogP contribution in [0.4, 0.5) is 0 Å². The molecule has 1 aromatic rings. The van der Waals surface area contributed by atoms with Crippen molar-refractivity contribution in [3.8, 4) is 17.2 Å². The Morgan fingerprint density at radius 2 is 1.71 bits per heavy atom. The van der Waals surface area contributed by atoms with Crippen molar-refractivity contribution >= 4 is 11.9 Å². The maximum Gasteiger partial charge on any atom is 0.335 e. The molecule has 1 aromatic carbocycles. The molecule has 12 nitrogen and oxygen atoms in total. The lowest BCUT2D eigenvalue weighted by atomic mass is 9.79. The zero-order chi connectivity index (χ0) is 26.1. The van der Waals surface area contributed by atoms with Gasteiger partial charge < -0.3 is 50.0 Å². The van der Waals surface area contributed by atoms with Crippen LogP contribution in [0.1, 0.15) is 43.5 Å². The summed E-state index contributed by atoms with van der Waals surface area (Å²) in [6, 6.07) is 1.61. The second kappa shape index (κ2) is 10.4. The van der Waals surface area contributed by atoms with Crippen molar-refractivity contribution in [2.75, 3.05) is 6.61 Å². The van der Waals surface area contributed by atoms with Gasteiger partial charge in [-0.2, -0.15) is 0 Å². The fourth-order valence-electron chi connectivity index (χ4n) is 4.02. The molecule has 3 rings (SSSR count). The summed E-state index contributed by atoms with van der Waals surface area (Å²) in [6.07, 6.45) is -5.18. The molecule has 12 heteroatoms. The number of aromatic hydroxyl groups is 2. The van der Waals surface area contributed by atoms with E-state index < -0.39 is 77.7 Å². The Balaban J connectivity index is 1.66. The van der Waals surface area contributed by atoms with Gasteiger partial charge in [-0.05, 0) is 51.2 Å². The van der Waals surface area contributed by atoms with E-state index in [1.807, 2.05) is 0 Å². The molecule has 2 aliphatic rings. The fourth-order valence-corrected chi connectivity index (χ4v) is 4.02. The highest BCUT2D eigenvalue weighted by Crippen LogP contribution is 2.39. The number of rotatable bonds is 7. The number of carbonyl (C=O) groups is 2. The fraction of sp³-hybridized carbons (Fsp3) is 0.565. The van der Waals surface area contributed by atoms with E-state index in [1.54, 1.807) is 19.9 Å². The number of benzene rings is 1. The van der Waals surface area contributed by atoms with Crippen LogP contribution < -0.4 is 4.74 Å². The number of carbonyl (C=O) groups excluding carboxylic acids is 1. The topological polar surface area (TPSA) is 203 Å². The molecule has 1 heterocycles. The number of carboxylic acids is 1. The normalized spacial score (nSPS) is 29.3. The third-order valence-corrected chi connectivity index (χ3v) is 6.25. The summed E-state index contributed by atoms with van der Waals surface area (Å²) >= 11 is 0. The number of esters is 1. The first kappa shape index (κ1) is 26.7. The van der Waals surface area contributed by atoms with Crippen LogP contribution in [0.15, 0.2) is 23.8 Å². The standard InChI is InChI=1S/C23H30O12/c1-23(2,32)12-5-3-10(4-6-12)21(31)33-9-15-16(26)17(27)18(28)22(34-15)35-19-13(24)7-11(20(29)30)8-14(19)25/h3,7-8,12,15-18,22,24-28,32H,4-6,9H2,1-2H3,(H,29,30)/t12-,15-,16-,17+,18-,22-/m0/s1. The number of hydrogen-bond acceptors (Lipinski definition) is 11. The smallest absolute Gasteiger partial charge is 0.335 e. The molecule has 0 bridgehead atoms. The monoisotopic (exact) mass is 498 g/mol. The summed E-state index contributed by atoms with van der Waals surface area (Å²) in [6.45, 7) is 2.90. The molecule has 0 radical (unpaired) electrons. The average Bonchev–Trinajstić information content (AvgIpc) is 2.79. The number of aromatic carboxylic acids is 1. The minimum absolute atomic E-state index is 0.00510. The minimum Gasteiger partial charge on any atom is -0.504 e. The average molecular weight is 498 g/mol. The number of allylic oxidation sites excluding steroid dienone is 1. The van der Waals surface area contributed by atoms with E-state index in [9.17, 15) is 40.2 Å². The van der Waals surface area contributed by atoms with Crippen molar-refractivity contribution in [3.05, 3.63) is 29.3 Å². The highest BCUT2D eigenvalue weighted by atomic mass is 16.7. The highest BCUT2D eigenvalue weighted by molar-refractivity contribution is 5.89. The third kappa shape index (κ3) is 6.03. The first-order chi connectivity index (χ1) is 16.3. The van der Waals surface area contributed by atoms with Crippen LogP contribution in [0.2, 0.25) is 0 Å². The maximum atomic E-state index is 12.5. The van der Waals surface area contributed by atoms with Gasteiger partial charge in [-0.15, -0.1) is 0 Å². The molecule has 1 aliphatic heterocycles. The lowest BCUT2D eigenvalue weighted by Crippen LogP contribution is -2.60. The van der Waals surface area contributed by atoms with Gasteiger partial charge in [0.05, 0.1) is 11.2 Å². The number of phenols is 2. The SMILES string of the molecule is CC(C)(O)[C@H]1CC=C(C(=O)OC[C@@H]2O[C@@H](Oc3c(O)cc(C(=O)O)cc3O)[C@@H](O)[C@H](O)[C@H]2O)CC1. The summed E-state index contributed by atoms with van der Waals surface area (Å²) in [4.78, 5) is 23.5. The highest BCUT2D eigenvalue weighted by Gasteiger charge is 2.46. The van der Waals surface area contributed by atoms with Crippen LogP contribution in [0, 0.1) is 5.92 Å². The van der Waals surface area contributed by atoms with E-state index >= 15 is 0 Å². The zero-order valence-corrected chi connectivity index (χ0v) is 19.2.